The molecule has 194 valence electrons. The molecule has 12 heteroatoms. The van der Waals surface area contributed by atoms with E-state index in [-0.39, 0.29) is 17.5 Å². The fraction of sp³-hybridized carbons (Fsp3) is 0.200. The van der Waals surface area contributed by atoms with Gasteiger partial charge in [0.05, 0.1) is 5.71 Å². The fourth-order valence-electron chi connectivity index (χ4n) is 2.99. The molecule has 0 aliphatic rings. The molecular formula is C25H25F4N7O. The first-order valence-electron chi connectivity index (χ1n) is 11.0. The van der Waals surface area contributed by atoms with E-state index in [1.807, 2.05) is 19.0 Å². The molecule has 37 heavy (non-hydrogen) atoms. The lowest BCUT2D eigenvalue weighted by molar-refractivity contribution is -0.137. The predicted molar refractivity (Wildman–Crippen MR) is 135 cm³/mol. The minimum atomic E-state index is -4.72. The number of likely N-dealkylation sites (N-methyl/N-ethyl adjacent to an activating group) is 1. The second-order valence-electron chi connectivity index (χ2n) is 8.13. The number of rotatable bonds is 9. The monoisotopic (exact) mass is 515 g/mol. The van der Waals surface area contributed by atoms with Crippen LogP contribution in [0.2, 0.25) is 0 Å². The summed E-state index contributed by atoms with van der Waals surface area (Å²) in [7, 11) is 3.72. The number of nitrogens with zero attached hydrogens (tertiary/aromatic N) is 4. The fourth-order valence-corrected chi connectivity index (χ4v) is 2.99. The van der Waals surface area contributed by atoms with Gasteiger partial charge in [0.15, 0.2) is 0 Å². The summed E-state index contributed by atoms with van der Waals surface area (Å²) in [5.41, 5.74) is 3.13. The van der Waals surface area contributed by atoms with E-state index in [4.69, 9.17) is 0 Å². The Morgan fingerprint density at radius 3 is 2.49 bits per heavy atom. The van der Waals surface area contributed by atoms with Crippen molar-refractivity contribution in [3.63, 3.8) is 0 Å². The third-order valence-electron chi connectivity index (χ3n) is 4.81. The molecule has 0 spiro atoms. The third kappa shape index (κ3) is 8.39. The lowest BCUT2D eigenvalue weighted by Gasteiger charge is -2.15. The van der Waals surface area contributed by atoms with Crippen LogP contribution < -0.4 is 16.1 Å². The van der Waals surface area contributed by atoms with Crippen LogP contribution in [0.5, 0.6) is 0 Å². The first-order valence-corrected chi connectivity index (χ1v) is 11.0. The van der Waals surface area contributed by atoms with Crippen LogP contribution in [0.1, 0.15) is 18.1 Å². The van der Waals surface area contributed by atoms with Gasteiger partial charge in [-0.05, 0) is 56.9 Å². The summed E-state index contributed by atoms with van der Waals surface area (Å²) in [5.74, 6) is -1.48. The Bertz CT molecular complexity index is 1290. The molecular weight excluding hydrogens is 490 g/mol. The molecule has 3 aromatic rings. The Balaban J connectivity index is 1.80. The van der Waals surface area contributed by atoms with Gasteiger partial charge in [0, 0.05) is 30.2 Å². The highest BCUT2D eigenvalue weighted by Gasteiger charge is 2.35. The van der Waals surface area contributed by atoms with Crippen LogP contribution in [-0.4, -0.2) is 47.1 Å². The van der Waals surface area contributed by atoms with Gasteiger partial charge in [-0.3, -0.25) is 4.79 Å². The van der Waals surface area contributed by atoms with Crippen molar-refractivity contribution in [3.05, 3.63) is 83.8 Å². The smallest absolute Gasteiger partial charge is 0.339 e. The molecule has 0 saturated carbocycles. The number of amides is 1. The Kier molecular flexibility index (Phi) is 8.90. The Labute approximate surface area is 211 Å². The van der Waals surface area contributed by atoms with Crippen molar-refractivity contribution >= 4 is 34.8 Å². The average molecular weight is 516 g/mol. The molecule has 8 nitrogen and oxygen atoms in total. The molecule has 0 aliphatic heterocycles. The molecule has 0 bridgehead atoms. The number of halogens is 4. The molecule has 0 atom stereocenters. The van der Waals surface area contributed by atoms with Crippen LogP contribution in [0.3, 0.4) is 0 Å². The van der Waals surface area contributed by atoms with Crippen molar-refractivity contribution in [3.8, 4) is 0 Å². The number of aromatic nitrogens is 2. The summed E-state index contributed by atoms with van der Waals surface area (Å²) in [4.78, 5) is 21.6. The Hall–Kier alpha value is -4.32. The topological polar surface area (TPSA) is 94.5 Å². The summed E-state index contributed by atoms with van der Waals surface area (Å²) < 4.78 is 54.0. The largest absolute Gasteiger partial charge is 0.421 e. The van der Waals surface area contributed by atoms with Gasteiger partial charge in [0.2, 0.25) is 11.9 Å². The first-order chi connectivity index (χ1) is 17.5. The van der Waals surface area contributed by atoms with Gasteiger partial charge in [-0.2, -0.15) is 23.3 Å². The summed E-state index contributed by atoms with van der Waals surface area (Å²) in [6.07, 6.45) is -1.03. The second kappa shape index (κ2) is 12.1. The van der Waals surface area contributed by atoms with Crippen LogP contribution in [0.4, 0.5) is 40.7 Å². The SMILES string of the molecule is CC(=NNc1ncc(C(F)(F)F)c(Nc2cccc(NC(=O)/C=C/CN(C)C)c2)n1)c1ccc(F)cc1. The Morgan fingerprint density at radius 2 is 1.81 bits per heavy atom. The molecule has 0 aliphatic carbocycles. The number of hydrogen-bond acceptors (Lipinski definition) is 7. The van der Waals surface area contributed by atoms with E-state index < -0.39 is 23.4 Å². The number of hydrazone groups is 1. The van der Waals surface area contributed by atoms with Gasteiger partial charge < -0.3 is 15.5 Å². The Morgan fingerprint density at radius 1 is 1.11 bits per heavy atom. The van der Waals surface area contributed by atoms with Crippen molar-refractivity contribution in [1.29, 1.82) is 0 Å². The van der Waals surface area contributed by atoms with E-state index >= 15 is 0 Å². The van der Waals surface area contributed by atoms with Crippen molar-refractivity contribution in [2.45, 2.75) is 13.1 Å². The van der Waals surface area contributed by atoms with Crippen LogP contribution in [0.15, 0.2) is 72.0 Å². The third-order valence-corrected chi connectivity index (χ3v) is 4.81. The van der Waals surface area contributed by atoms with Crippen LogP contribution >= 0.6 is 0 Å². The minimum Gasteiger partial charge on any atom is -0.339 e. The number of benzene rings is 2. The van der Waals surface area contributed by atoms with Gasteiger partial charge >= 0.3 is 6.18 Å². The second-order valence-corrected chi connectivity index (χ2v) is 8.13. The summed E-state index contributed by atoms with van der Waals surface area (Å²) in [6, 6.07) is 11.7. The number of alkyl halides is 3. The summed E-state index contributed by atoms with van der Waals surface area (Å²) in [5, 5.41) is 9.37. The van der Waals surface area contributed by atoms with E-state index in [0.717, 1.165) is 0 Å². The van der Waals surface area contributed by atoms with Crippen LogP contribution in [0.25, 0.3) is 0 Å². The standard InChI is InChI=1S/C25H25F4N7O/c1-16(17-9-11-18(26)12-10-17)34-35-24-30-15-21(25(27,28)29)23(33-24)32-20-7-4-6-19(14-20)31-22(37)8-5-13-36(2)3/h4-12,14-15H,13H2,1-3H3,(H,31,37)(H2,30,32,33,35)/b8-5+,34-16?. The van der Waals surface area contributed by atoms with Gasteiger partial charge in [0.1, 0.15) is 17.2 Å². The maximum Gasteiger partial charge on any atom is 0.421 e. The molecule has 0 fully saturated rings. The van der Waals surface area contributed by atoms with Crippen molar-refractivity contribution < 1.29 is 22.4 Å². The molecule has 1 amide bonds. The minimum absolute atomic E-state index is 0.188. The molecule has 0 unspecified atom stereocenters. The first kappa shape index (κ1) is 27.3. The van der Waals surface area contributed by atoms with E-state index in [1.165, 1.54) is 42.5 Å². The number of carbonyl (C=O) groups excluding carboxylic acids is 1. The molecule has 2 aromatic carbocycles. The van der Waals surface area contributed by atoms with E-state index in [0.29, 0.717) is 29.7 Å². The summed E-state index contributed by atoms with van der Waals surface area (Å²) >= 11 is 0. The molecule has 1 heterocycles. The quantitative estimate of drug-likeness (QED) is 0.156. The maximum absolute atomic E-state index is 13.6. The maximum atomic E-state index is 13.6. The average Bonchev–Trinajstić information content (AvgIpc) is 2.82. The molecule has 0 saturated heterocycles. The van der Waals surface area contributed by atoms with Gasteiger partial charge in [-0.15, -0.1) is 0 Å². The highest BCUT2D eigenvalue weighted by Crippen LogP contribution is 2.35. The van der Waals surface area contributed by atoms with Gasteiger partial charge in [-0.1, -0.05) is 24.3 Å². The number of carbonyl (C=O) groups is 1. The van der Waals surface area contributed by atoms with Gasteiger partial charge in [0.25, 0.3) is 0 Å². The number of nitrogens with one attached hydrogen (secondary N) is 3. The molecule has 0 radical (unpaired) electrons. The lowest BCUT2D eigenvalue weighted by atomic mass is 10.1. The predicted octanol–water partition coefficient (Wildman–Crippen LogP) is 5.27. The zero-order valence-corrected chi connectivity index (χ0v) is 20.3. The highest BCUT2D eigenvalue weighted by molar-refractivity contribution is 6.00. The molecule has 3 rings (SSSR count). The number of hydrogen-bond donors (Lipinski definition) is 3. The van der Waals surface area contributed by atoms with E-state index in [2.05, 4.69) is 31.1 Å². The normalized spacial score (nSPS) is 12.2. The zero-order valence-electron chi connectivity index (χ0n) is 20.3. The molecule has 1 aromatic heterocycles. The lowest BCUT2D eigenvalue weighted by Crippen LogP contribution is -2.13. The van der Waals surface area contributed by atoms with Crippen molar-refractivity contribution in [2.75, 3.05) is 36.7 Å². The molecule has 3 N–H and O–H groups in total. The summed E-state index contributed by atoms with van der Waals surface area (Å²) in [6.45, 7) is 2.21. The highest BCUT2D eigenvalue weighted by atomic mass is 19.4. The number of anilines is 4. The zero-order chi connectivity index (χ0) is 27.0. The van der Waals surface area contributed by atoms with Gasteiger partial charge in [-0.25, -0.2) is 14.8 Å². The van der Waals surface area contributed by atoms with E-state index in [9.17, 15) is 22.4 Å². The van der Waals surface area contributed by atoms with Crippen molar-refractivity contribution in [2.24, 2.45) is 5.10 Å². The van der Waals surface area contributed by atoms with Crippen molar-refractivity contribution in [1.82, 2.24) is 14.9 Å². The van der Waals surface area contributed by atoms with Crippen LogP contribution in [0, 0.1) is 5.82 Å². The van der Waals surface area contributed by atoms with Crippen LogP contribution in [-0.2, 0) is 11.0 Å². The van der Waals surface area contributed by atoms with E-state index in [1.54, 1.807) is 25.1 Å².